The monoisotopic (exact) mass is 278 g/mol. The fraction of sp³-hybridized carbons (Fsp3) is 1.00. The van der Waals surface area contributed by atoms with Crippen molar-refractivity contribution in [3.8, 4) is 0 Å². The van der Waals surface area contributed by atoms with Crippen LogP contribution in [0, 0.1) is 23.7 Å². The van der Waals surface area contributed by atoms with E-state index in [4.69, 9.17) is 0 Å². The number of hydrogen-bond acceptors (Lipinski definition) is 2. The van der Waals surface area contributed by atoms with Crippen LogP contribution in [0.15, 0.2) is 0 Å². The fourth-order valence-electron chi connectivity index (χ4n) is 4.32. The molecule has 3 atom stereocenters. The van der Waals surface area contributed by atoms with E-state index >= 15 is 0 Å². The normalized spacial score (nSPS) is 35.7. The van der Waals surface area contributed by atoms with Crippen molar-refractivity contribution in [2.24, 2.45) is 23.7 Å². The maximum atomic E-state index is 3.77. The van der Waals surface area contributed by atoms with E-state index in [-0.39, 0.29) is 0 Å². The molecule has 0 aromatic carbocycles. The standard InChI is InChI=1S/C18H34N2/c1-4-10-19-18-9-11-20(14(3)13(18)2)12-17(15-5-6-15)16-7-8-16/h13-19H,4-12H2,1-3H3. The average Bonchev–Trinajstić information content (AvgIpc) is 3.31. The van der Waals surface area contributed by atoms with Crippen LogP contribution in [-0.4, -0.2) is 36.6 Å². The molecule has 1 N–H and O–H groups in total. The van der Waals surface area contributed by atoms with Crippen LogP contribution < -0.4 is 5.32 Å². The van der Waals surface area contributed by atoms with E-state index in [2.05, 4.69) is 31.0 Å². The molecule has 1 heterocycles. The number of nitrogens with one attached hydrogen (secondary N) is 1. The molecular formula is C18H34N2. The van der Waals surface area contributed by atoms with Gasteiger partial charge in [-0.1, -0.05) is 13.8 Å². The summed E-state index contributed by atoms with van der Waals surface area (Å²) in [6.07, 6.45) is 8.72. The van der Waals surface area contributed by atoms with Gasteiger partial charge in [-0.2, -0.15) is 0 Å². The smallest absolute Gasteiger partial charge is 0.0120 e. The van der Waals surface area contributed by atoms with Crippen LogP contribution in [0.3, 0.4) is 0 Å². The Hall–Kier alpha value is -0.0800. The number of likely N-dealkylation sites (tertiary alicyclic amines) is 1. The molecule has 2 aliphatic carbocycles. The summed E-state index contributed by atoms with van der Waals surface area (Å²) in [4.78, 5) is 2.83. The number of hydrogen-bond donors (Lipinski definition) is 1. The Bertz CT molecular complexity index is 297. The highest BCUT2D eigenvalue weighted by molar-refractivity contribution is 4.96. The molecule has 0 aromatic heterocycles. The van der Waals surface area contributed by atoms with Crippen LogP contribution in [0.4, 0.5) is 0 Å². The summed E-state index contributed by atoms with van der Waals surface area (Å²) < 4.78 is 0. The second-order valence-electron chi connectivity index (χ2n) is 7.78. The minimum Gasteiger partial charge on any atom is -0.314 e. The number of nitrogens with zero attached hydrogens (tertiary/aromatic N) is 1. The summed E-state index contributed by atoms with van der Waals surface area (Å²) in [7, 11) is 0. The van der Waals surface area contributed by atoms with Crippen molar-refractivity contribution in [2.75, 3.05) is 19.6 Å². The highest BCUT2D eigenvalue weighted by Crippen LogP contribution is 2.49. The second-order valence-corrected chi connectivity index (χ2v) is 7.78. The highest BCUT2D eigenvalue weighted by Gasteiger charge is 2.43. The topological polar surface area (TPSA) is 15.3 Å². The Morgan fingerprint density at radius 1 is 1.05 bits per heavy atom. The molecule has 3 fully saturated rings. The highest BCUT2D eigenvalue weighted by atomic mass is 15.2. The van der Waals surface area contributed by atoms with Crippen molar-refractivity contribution in [1.29, 1.82) is 0 Å². The van der Waals surface area contributed by atoms with E-state index in [0.29, 0.717) is 0 Å². The maximum Gasteiger partial charge on any atom is 0.0120 e. The molecule has 3 unspecified atom stereocenters. The predicted molar refractivity (Wildman–Crippen MR) is 85.8 cm³/mol. The Morgan fingerprint density at radius 3 is 2.25 bits per heavy atom. The van der Waals surface area contributed by atoms with Crippen molar-refractivity contribution in [3.63, 3.8) is 0 Å². The maximum absolute atomic E-state index is 3.77. The average molecular weight is 278 g/mol. The molecule has 0 bridgehead atoms. The lowest BCUT2D eigenvalue weighted by molar-refractivity contribution is 0.0629. The van der Waals surface area contributed by atoms with E-state index in [1.165, 1.54) is 58.2 Å². The molecule has 0 aromatic rings. The predicted octanol–water partition coefficient (Wildman–Crippen LogP) is 3.52. The molecule has 2 saturated carbocycles. The SMILES string of the molecule is CCCNC1CCN(CC(C2CC2)C2CC2)C(C)C1C. The van der Waals surface area contributed by atoms with Gasteiger partial charge in [0.15, 0.2) is 0 Å². The summed E-state index contributed by atoms with van der Waals surface area (Å²) in [5.74, 6) is 4.04. The third-order valence-corrected chi connectivity index (χ3v) is 6.26. The Kier molecular flexibility index (Phi) is 4.72. The van der Waals surface area contributed by atoms with Gasteiger partial charge in [-0.05, 0) is 82.2 Å². The second kappa shape index (κ2) is 6.36. The Labute approximate surface area is 125 Å². The molecule has 2 heteroatoms. The minimum absolute atomic E-state index is 0.751. The van der Waals surface area contributed by atoms with Crippen molar-refractivity contribution in [1.82, 2.24) is 10.2 Å². The quantitative estimate of drug-likeness (QED) is 0.766. The zero-order valence-electron chi connectivity index (χ0n) is 13.8. The van der Waals surface area contributed by atoms with E-state index in [1.54, 1.807) is 0 Å². The first kappa shape index (κ1) is 14.8. The van der Waals surface area contributed by atoms with E-state index in [1.807, 2.05) is 0 Å². The minimum atomic E-state index is 0.751. The lowest BCUT2D eigenvalue weighted by atomic mass is 9.85. The molecule has 0 radical (unpaired) electrons. The molecule has 20 heavy (non-hydrogen) atoms. The lowest BCUT2D eigenvalue weighted by Crippen LogP contribution is -2.54. The summed E-state index contributed by atoms with van der Waals surface area (Å²) in [6, 6.07) is 1.51. The van der Waals surface area contributed by atoms with Crippen LogP contribution in [0.25, 0.3) is 0 Å². The van der Waals surface area contributed by atoms with Crippen LogP contribution in [0.1, 0.15) is 59.3 Å². The summed E-state index contributed by atoms with van der Waals surface area (Å²) in [5, 5.41) is 3.77. The van der Waals surface area contributed by atoms with E-state index < -0.39 is 0 Å². The van der Waals surface area contributed by atoms with Crippen LogP contribution in [0.5, 0.6) is 0 Å². The van der Waals surface area contributed by atoms with Gasteiger partial charge in [0.25, 0.3) is 0 Å². The molecule has 3 aliphatic rings. The van der Waals surface area contributed by atoms with Crippen molar-refractivity contribution >= 4 is 0 Å². The zero-order valence-corrected chi connectivity index (χ0v) is 13.8. The van der Waals surface area contributed by atoms with Crippen molar-refractivity contribution < 1.29 is 0 Å². The summed E-state index contributed by atoms with van der Waals surface area (Å²) >= 11 is 0. The van der Waals surface area contributed by atoms with Gasteiger partial charge < -0.3 is 5.32 Å². The van der Waals surface area contributed by atoms with Crippen molar-refractivity contribution in [2.45, 2.75) is 71.4 Å². The third-order valence-electron chi connectivity index (χ3n) is 6.26. The first-order chi connectivity index (χ1) is 9.70. The first-order valence-corrected chi connectivity index (χ1v) is 9.18. The Balaban J connectivity index is 1.52. The largest absolute Gasteiger partial charge is 0.314 e. The Morgan fingerprint density at radius 2 is 1.70 bits per heavy atom. The van der Waals surface area contributed by atoms with Gasteiger partial charge in [0, 0.05) is 18.6 Å². The molecule has 1 saturated heterocycles. The molecule has 116 valence electrons. The fourth-order valence-corrected chi connectivity index (χ4v) is 4.32. The van der Waals surface area contributed by atoms with Gasteiger partial charge in [-0.15, -0.1) is 0 Å². The van der Waals surface area contributed by atoms with Crippen LogP contribution in [-0.2, 0) is 0 Å². The van der Waals surface area contributed by atoms with Crippen LogP contribution >= 0.6 is 0 Å². The molecule has 2 nitrogen and oxygen atoms in total. The van der Waals surface area contributed by atoms with E-state index in [9.17, 15) is 0 Å². The number of rotatable bonds is 7. The lowest BCUT2D eigenvalue weighted by Gasteiger charge is -2.44. The molecule has 1 aliphatic heterocycles. The van der Waals surface area contributed by atoms with Gasteiger partial charge in [-0.25, -0.2) is 0 Å². The van der Waals surface area contributed by atoms with Gasteiger partial charge in [-0.3, -0.25) is 4.90 Å². The van der Waals surface area contributed by atoms with Crippen molar-refractivity contribution in [3.05, 3.63) is 0 Å². The molecule has 0 spiro atoms. The van der Waals surface area contributed by atoms with Gasteiger partial charge in [0.2, 0.25) is 0 Å². The molecule has 0 amide bonds. The third kappa shape index (κ3) is 3.39. The molecular weight excluding hydrogens is 244 g/mol. The first-order valence-electron chi connectivity index (χ1n) is 9.18. The summed E-state index contributed by atoms with van der Waals surface area (Å²) in [6.45, 7) is 11.1. The van der Waals surface area contributed by atoms with E-state index in [0.717, 1.165) is 35.8 Å². The van der Waals surface area contributed by atoms with Gasteiger partial charge >= 0.3 is 0 Å². The van der Waals surface area contributed by atoms with Gasteiger partial charge in [0.1, 0.15) is 0 Å². The zero-order chi connectivity index (χ0) is 14.1. The number of piperidine rings is 1. The van der Waals surface area contributed by atoms with Gasteiger partial charge in [0.05, 0.1) is 0 Å². The molecule has 3 rings (SSSR count). The summed E-state index contributed by atoms with van der Waals surface area (Å²) in [5.41, 5.74) is 0. The van der Waals surface area contributed by atoms with Crippen LogP contribution in [0.2, 0.25) is 0 Å².